The van der Waals surface area contributed by atoms with E-state index in [4.69, 9.17) is 0 Å². The average Bonchev–Trinajstić information content (AvgIpc) is 2.63. The lowest BCUT2D eigenvalue weighted by Gasteiger charge is -2.29. The highest BCUT2D eigenvalue weighted by Crippen LogP contribution is 2.25. The van der Waals surface area contributed by atoms with Gasteiger partial charge in [-0.2, -0.15) is 0 Å². The van der Waals surface area contributed by atoms with Crippen LogP contribution in [0.15, 0.2) is 0 Å². The minimum absolute atomic E-state index is 0.121. The number of hydrogen-bond acceptors (Lipinski definition) is 3. The van der Waals surface area contributed by atoms with Gasteiger partial charge >= 0.3 is 0 Å². The Morgan fingerprint density at radius 2 is 1.60 bits per heavy atom. The van der Waals surface area contributed by atoms with E-state index in [0.29, 0.717) is 5.92 Å². The molecule has 2 fully saturated rings. The molecule has 15 heavy (non-hydrogen) atoms. The molecule has 0 saturated heterocycles. The third-order valence-corrected chi connectivity index (χ3v) is 3.99. The van der Waals surface area contributed by atoms with Crippen LogP contribution < -0.4 is 5.32 Å². The van der Waals surface area contributed by atoms with Crippen LogP contribution >= 0.6 is 0 Å². The maximum Gasteiger partial charge on any atom is 0.0693 e. The number of nitrogens with one attached hydrogen (secondary N) is 1. The molecule has 3 nitrogen and oxygen atoms in total. The van der Waals surface area contributed by atoms with Crippen LogP contribution in [0.4, 0.5) is 0 Å². The van der Waals surface area contributed by atoms with Gasteiger partial charge in [0, 0.05) is 12.6 Å². The Bertz CT molecular complexity index is 198. The second-order valence-electron chi connectivity index (χ2n) is 5.12. The van der Waals surface area contributed by atoms with Crippen molar-refractivity contribution in [3.05, 3.63) is 0 Å². The van der Waals surface area contributed by atoms with Gasteiger partial charge in [-0.05, 0) is 38.0 Å². The minimum atomic E-state index is -0.161. The standard InChI is InChI=1S/C12H23NO2/c14-11-6-2-1-4-9(11)8-13-10-5-3-7-12(10)15/h9-15H,1-8H2. The highest BCUT2D eigenvalue weighted by molar-refractivity contribution is 4.85. The molecule has 0 radical (unpaired) electrons. The molecule has 2 aliphatic rings. The van der Waals surface area contributed by atoms with Gasteiger partial charge in [0.25, 0.3) is 0 Å². The van der Waals surface area contributed by atoms with Gasteiger partial charge in [-0.1, -0.05) is 12.8 Å². The summed E-state index contributed by atoms with van der Waals surface area (Å²) in [4.78, 5) is 0. The van der Waals surface area contributed by atoms with Crippen molar-refractivity contribution >= 4 is 0 Å². The van der Waals surface area contributed by atoms with Crippen LogP contribution in [0.5, 0.6) is 0 Å². The molecule has 3 heteroatoms. The van der Waals surface area contributed by atoms with E-state index in [-0.39, 0.29) is 18.2 Å². The first-order valence-electron chi connectivity index (χ1n) is 6.37. The summed E-state index contributed by atoms with van der Waals surface area (Å²) < 4.78 is 0. The van der Waals surface area contributed by atoms with E-state index in [1.807, 2.05) is 0 Å². The Labute approximate surface area is 91.9 Å². The molecule has 0 aliphatic heterocycles. The third kappa shape index (κ3) is 2.92. The van der Waals surface area contributed by atoms with E-state index < -0.39 is 0 Å². The van der Waals surface area contributed by atoms with Gasteiger partial charge in [-0.15, -0.1) is 0 Å². The van der Waals surface area contributed by atoms with E-state index in [1.165, 1.54) is 12.8 Å². The lowest BCUT2D eigenvalue weighted by atomic mass is 9.86. The molecule has 0 heterocycles. The Hall–Kier alpha value is -0.120. The van der Waals surface area contributed by atoms with Gasteiger partial charge in [-0.3, -0.25) is 0 Å². The number of hydrogen-bond donors (Lipinski definition) is 3. The highest BCUT2D eigenvalue weighted by Gasteiger charge is 2.28. The smallest absolute Gasteiger partial charge is 0.0693 e. The van der Waals surface area contributed by atoms with E-state index in [0.717, 1.165) is 38.6 Å². The van der Waals surface area contributed by atoms with E-state index in [2.05, 4.69) is 5.32 Å². The third-order valence-electron chi connectivity index (χ3n) is 3.99. The first-order chi connectivity index (χ1) is 7.27. The molecule has 2 saturated carbocycles. The normalized spacial score (nSPS) is 42.0. The molecule has 4 atom stereocenters. The van der Waals surface area contributed by atoms with Crippen LogP contribution in [-0.4, -0.2) is 35.0 Å². The van der Waals surface area contributed by atoms with Crippen LogP contribution in [0.3, 0.4) is 0 Å². The van der Waals surface area contributed by atoms with Gasteiger partial charge in [0.15, 0.2) is 0 Å². The van der Waals surface area contributed by atoms with Crippen LogP contribution in [0, 0.1) is 5.92 Å². The molecule has 88 valence electrons. The van der Waals surface area contributed by atoms with Crippen LogP contribution in [0.2, 0.25) is 0 Å². The fraction of sp³-hybridized carbons (Fsp3) is 1.00. The van der Waals surface area contributed by atoms with Gasteiger partial charge in [0.05, 0.1) is 12.2 Å². The molecule has 0 bridgehead atoms. The Morgan fingerprint density at radius 3 is 2.27 bits per heavy atom. The lowest BCUT2D eigenvalue weighted by molar-refractivity contribution is 0.0633. The quantitative estimate of drug-likeness (QED) is 0.656. The summed E-state index contributed by atoms with van der Waals surface area (Å²) in [5.74, 6) is 0.409. The maximum atomic E-state index is 9.81. The number of aliphatic hydroxyl groups excluding tert-OH is 2. The molecule has 3 N–H and O–H groups in total. The molecule has 4 unspecified atom stereocenters. The van der Waals surface area contributed by atoms with Gasteiger partial charge in [0.1, 0.15) is 0 Å². The Kier molecular flexibility index (Phi) is 4.00. The molecular formula is C12H23NO2. The van der Waals surface area contributed by atoms with Crippen LogP contribution in [0.1, 0.15) is 44.9 Å². The zero-order valence-electron chi connectivity index (χ0n) is 9.36. The van der Waals surface area contributed by atoms with Crippen molar-refractivity contribution in [2.45, 2.75) is 63.2 Å². The molecular weight excluding hydrogens is 190 g/mol. The zero-order chi connectivity index (χ0) is 10.7. The maximum absolute atomic E-state index is 9.81. The predicted molar refractivity (Wildman–Crippen MR) is 59.6 cm³/mol. The van der Waals surface area contributed by atoms with E-state index >= 15 is 0 Å². The Balaban J connectivity index is 1.72. The van der Waals surface area contributed by atoms with E-state index in [1.54, 1.807) is 0 Å². The van der Waals surface area contributed by atoms with Crippen molar-refractivity contribution in [3.8, 4) is 0 Å². The van der Waals surface area contributed by atoms with Crippen LogP contribution in [-0.2, 0) is 0 Å². The first kappa shape index (κ1) is 11.4. The summed E-state index contributed by atoms with van der Waals surface area (Å²) in [5.41, 5.74) is 0. The number of rotatable bonds is 3. The van der Waals surface area contributed by atoms with Crippen molar-refractivity contribution < 1.29 is 10.2 Å². The summed E-state index contributed by atoms with van der Waals surface area (Å²) >= 11 is 0. The molecule has 0 aromatic heterocycles. The molecule has 2 aliphatic carbocycles. The summed E-state index contributed by atoms with van der Waals surface area (Å²) in [7, 11) is 0. The molecule has 0 spiro atoms. The zero-order valence-corrected chi connectivity index (χ0v) is 9.36. The molecule has 0 amide bonds. The fourth-order valence-electron chi connectivity index (χ4n) is 2.91. The van der Waals surface area contributed by atoms with Crippen molar-refractivity contribution in [1.29, 1.82) is 0 Å². The van der Waals surface area contributed by atoms with Crippen molar-refractivity contribution in [2.75, 3.05) is 6.54 Å². The van der Waals surface area contributed by atoms with Crippen molar-refractivity contribution in [3.63, 3.8) is 0 Å². The first-order valence-corrected chi connectivity index (χ1v) is 6.37. The van der Waals surface area contributed by atoms with Crippen LogP contribution in [0.25, 0.3) is 0 Å². The van der Waals surface area contributed by atoms with E-state index in [9.17, 15) is 10.2 Å². The SMILES string of the molecule is OC1CCCCC1CNC1CCCC1O. The van der Waals surface area contributed by atoms with Gasteiger partial charge in [0.2, 0.25) is 0 Å². The average molecular weight is 213 g/mol. The number of aliphatic hydroxyl groups is 2. The van der Waals surface area contributed by atoms with Crippen molar-refractivity contribution in [2.24, 2.45) is 5.92 Å². The lowest BCUT2D eigenvalue weighted by Crippen LogP contribution is -2.42. The monoisotopic (exact) mass is 213 g/mol. The fourth-order valence-corrected chi connectivity index (χ4v) is 2.91. The Morgan fingerprint density at radius 1 is 0.867 bits per heavy atom. The summed E-state index contributed by atoms with van der Waals surface area (Å²) in [6, 6.07) is 0.277. The minimum Gasteiger partial charge on any atom is -0.393 e. The molecule has 0 aromatic carbocycles. The van der Waals surface area contributed by atoms with Gasteiger partial charge < -0.3 is 15.5 Å². The summed E-state index contributed by atoms with van der Waals surface area (Å²) in [6.45, 7) is 0.878. The van der Waals surface area contributed by atoms with Crippen molar-refractivity contribution in [1.82, 2.24) is 5.32 Å². The predicted octanol–water partition coefficient (Wildman–Crippen LogP) is 1.04. The molecule has 0 aromatic rings. The topological polar surface area (TPSA) is 52.5 Å². The second kappa shape index (κ2) is 5.28. The van der Waals surface area contributed by atoms with Gasteiger partial charge in [-0.25, -0.2) is 0 Å². The largest absolute Gasteiger partial charge is 0.393 e. The summed E-state index contributed by atoms with van der Waals surface area (Å²) in [5, 5.41) is 22.9. The highest BCUT2D eigenvalue weighted by atomic mass is 16.3. The second-order valence-corrected chi connectivity index (χ2v) is 5.12. The summed E-state index contributed by atoms with van der Waals surface area (Å²) in [6.07, 6.45) is 7.38. The molecule has 2 rings (SSSR count).